The minimum Gasteiger partial charge on any atom is -0.298 e. The van der Waals surface area contributed by atoms with Gasteiger partial charge in [-0.2, -0.15) is 0 Å². The molecule has 1 N–H and O–H groups in total. The Morgan fingerprint density at radius 2 is 1.89 bits per heavy atom. The van der Waals surface area contributed by atoms with Gasteiger partial charge in [-0.05, 0) is 30.3 Å². The molecule has 140 valence electrons. The van der Waals surface area contributed by atoms with E-state index in [0.717, 1.165) is 16.3 Å². The molecule has 0 radical (unpaired) electrons. The molecule has 9 heteroatoms. The SMILES string of the molecule is CN(c1ccc(-c2csc(NC(=O)c3cccc(Br)c3)n2)cc1)S(C)(=O)=O. The number of nitrogens with zero attached hydrogens (tertiary/aromatic N) is 2. The summed E-state index contributed by atoms with van der Waals surface area (Å²) in [4.78, 5) is 16.7. The van der Waals surface area contributed by atoms with Crippen LogP contribution in [0.15, 0.2) is 58.4 Å². The Morgan fingerprint density at radius 1 is 1.19 bits per heavy atom. The lowest BCUT2D eigenvalue weighted by atomic mass is 10.1. The predicted octanol–water partition coefficient (Wildman–Crippen LogP) is 4.22. The van der Waals surface area contributed by atoms with Crippen LogP contribution in [0.25, 0.3) is 11.3 Å². The molecule has 3 aromatic rings. The Bertz CT molecular complexity index is 1080. The van der Waals surface area contributed by atoms with E-state index in [4.69, 9.17) is 0 Å². The molecular weight excluding hydrogens is 450 g/mol. The van der Waals surface area contributed by atoms with E-state index in [1.54, 1.807) is 42.5 Å². The number of rotatable bonds is 5. The number of anilines is 2. The Kier molecular flexibility index (Phi) is 5.64. The van der Waals surface area contributed by atoms with Crippen molar-refractivity contribution in [2.75, 3.05) is 22.9 Å². The number of hydrogen-bond donors (Lipinski definition) is 1. The van der Waals surface area contributed by atoms with E-state index in [9.17, 15) is 13.2 Å². The summed E-state index contributed by atoms with van der Waals surface area (Å²) in [5, 5.41) is 5.12. The van der Waals surface area contributed by atoms with Crippen molar-refractivity contribution in [1.82, 2.24) is 4.98 Å². The number of halogens is 1. The molecule has 6 nitrogen and oxygen atoms in total. The largest absolute Gasteiger partial charge is 0.298 e. The van der Waals surface area contributed by atoms with E-state index in [1.807, 2.05) is 11.4 Å². The molecule has 0 spiro atoms. The Hall–Kier alpha value is -2.23. The highest BCUT2D eigenvalue weighted by Crippen LogP contribution is 2.27. The zero-order valence-electron chi connectivity index (χ0n) is 14.5. The van der Waals surface area contributed by atoms with Crippen LogP contribution in [0.1, 0.15) is 10.4 Å². The number of nitrogens with one attached hydrogen (secondary N) is 1. The molecular formula is C18H16BrN3O3S2. The highest BCUT2D eigenvalue weighted by atomic mass is 79.9. The van der Waals surface area contributed by atoms with Gasteiger partial charge in [-0.15, -0.1) is 11.3 Å². The molecule has 3 rings (SSSR count). The molecule has 27 heavy (non-hydrogen) atoms. The summed E-state index contributed by atoms with van der Waals surface area (Å²) in [7, 11) is -1.80. The second kappa shape index (κ2) is 7.79. The summed E-state index contributed by atoms with van der Waals surface area (Å²) >= 11 is 4.67. The van der Waals surface area contributed by atoms with Crippen LogP contribution in [0.4, 0.5) is 10.8 Å². The van der Waals surface area contributed by atoms with Gasteiger partial charge in [-0.1, -0.05) is 34.1 Å². The van der Waals surface area contributed by atoms with Gasteiger partial charge in [0, 0.05) is 28.0 Å². The van der Waals surface area contributed by atoms with E-state index in [2.05, 4.69) is 26.2 Å². The number of benzene rings is 2. The first-order chi connectivity index (χ1) is 12.7. The standard InChI is InChI=1S/C18H16BrN3O3S2/c1-22(27(2,24)25)15-8-6-12(7-9-15)16-11-26-18(20-16)21-17(23)13-4-3-5-14(19)10-13/h3-11H,1-2H3,(H,20,21,23). The minimum absolute atomic E-state index is 0.234. The Labute approximate surface area is 170 Å². The van der Waals surface area contributed by atoms with Gasteiger partial charge in [-0.25, -0.2) is 13.4 Å². The fourth-order valence-electron chi connectivity index (χ4n) is 2.30. The van der Waals surface area contributed by atoms with Gasteiger partial charge in [-0.3, -0.25) is 14.4 Å². The van der Waals surface area contributed by atoms with Gasteiger partial charge in [0.25, 0.3) is 5.91 Å². The van der Waals surface area contributed by atoms with Crippen molar-refractivity contribution < 1.29 is 13.2 Å². The third kappa shape index (κ3) is 4.74. The molecule has 0 bridgehead atoms. The van der Waals surface area contributed by atoms with Gasteiger partial charge in [0.05, 0.1) is 17.6 Å². The first-order valence-electron chi connectivity index (χ1n) is 7.81. The van der Waals surface area contributed by atoms with Crippen LogP contribution in [0, 0.1) is 0 Å². The van der Waals surface area contributed by atoms with Gasteiger partial charge in [0.15, 0.2) is 5.13 Å². The van der Waals surface area contributed by atoms with E-state index >= 15 is 0 Å². The highest BCUT2D eigenvalue weighted by molar-refractivity contribution is 9.10. The van der Waals surface area contributed by atoms with Gasteiger partial charge in [0.2, 0.25) is 10.0 Å². The third-order valence-electron chi connectivity index (χ3n) is 3.84. The number of amides is 1. The quantitative estimate of drug-likeness (QED) is 0.611. The molecule has 1 heterocycles. The van der Waals surface area contributed by atoms with Crippen LogP contribution < -0.4 is 9.62 Å². The zero-order valence-corrected chi connectivity index (χ0v) is 17.7. The van der Waals surface area contributed by atoms with E-state index < -0.39 is 10.0 Å². The van der Waals surface area contributed by atoms with E-state index in [-0.39, 0.29) is 5.91 Å². The molecule has 0 atom stereocenters. The summed E-state index contributed by atoms with van der Waals surface area (Å²) in [5.41, 5.74) is 2.65. The predicted molar refractivity (Wildman–Crippen MR) is 113 cm³/mol. The van der Waals surface area contributed by atoms with Crippen LogP contribution in [0.3, 0.4) is 0 Å². The molecule has 0 fully saturated rings. The van der Waals surface area contributed by atoms with E-state index in [0.29, 0.717) is 22.1 Å². The first kappa shape index (κ1) is 19.5. The molecule has 0 saturated carbocycles. The molecule has 0 aliphatic heterocycles. The average molecular weight is 466 g/mol. The molecule has 2 aromatic carbocycles. The summed E-state index contributed by atoms with van der Waals surface area (Å²) in [6.07, 6.45) is 1.15. The van der Waals surface area contributed by atoms with Crippen LogP contribution >= 0.6 is 27.3 Å². The molecule has 0 unspecified atom stereocenters. The van der Waals surface area contributed by atoms with Gasteiger partial charge >= 0.3 is 0 Å². The number of hydrogen-bond acceptors (Lipinski definition) is 5. The minimum atomic E-state index is -3.30. The van der Waals surface area contributed by atoms with Gasteiger partial charge in [0.1, 0.15) is 0 Å². The number of carbonyl (C=O) groups excluding carboxylic acids is 1. The molecule has 1 amide bonds. The Morgan fingerprint density at radius 3 is 2.52 bits per heavy atom. The van der Waals surface area contributed by atoms with Gasteiger partial charge < -0.3 is 0 Å². The summed E-state index contributed by atoms with van der Waals surface area (Å²) in [6.45, 7) is 0. The van der Waals surface area contributed by atoms with Crippen molar-refractivity contribution in [3.8, 4) is 11.3 Å². The number of aromatic nitrogens is 1. The maximum absolute atomic E-state index is 12.3. The van der Waals surface area contributed by atoms with Crippen LogP contribution in [0.5, 0.6) is 0 Å². The van der Waals surface area contributed by atoms with Crippen LogP contribution in [-0.4, -0.2) is 32.6 Å². The van der Waals surface area contributed by atoms with Crippen molar-refractivity contribution in [1.29, 1.82) is 0 Å². The van der Waals surface area contributed by atoms with Crippen LogP contribution in [0.2, 0.25) is 0 Å². The normalized spacial score (nSPS) is 11.2. The lowest BCUT2D eigenvalue weighted by Crippen LogP contribution is -2.24. The summed E-state index contributed by atoms with van der Waals surface area (Å²) in [6, 6.07) is 14.1. The van der Waals surface area contributed by atoms with Crippen LogP contribution in [-0.2, 0) is 10.0 Å². The fraction of sp³-hybridized carbons (Fsp3) is 0.111. The number of carbonyl (C=O) groups is 1. The molecule has 0 aliphatic carbocycles. The smallest absolute Gasteiger partial charge is 0.257 e. The zero-order chi connectivity index (χ0) is 19.6. The number of sulfonamides is 1. The Balaban J connectivity index is 1.75. The second-order valence-electron chi connectivity index (χ2n) is 5.78. The van der Waals surface area contributed by atoms with Crippen molar-refractivity contribution in [3.05, 3.63) is 63.9 Å². The lowest BCUT2D eigenvalue weighted by Gasteiger charge is -2.16. The lowest BCUT2D eigenvalue weighted by molar-refractivity contribution is 0.102. The first-order valence-corrected chi connectivity index (χ1v) is 11.3. The third-order valence-corrected chi connectivity index (χ3v) is 6.29. The molecule has 1 aromatic heterocycles. The maximum atomic E-state index is 12.3. The van der Waals surface area contributed by atoms with Crippen molar-refractivity contribution in [2.24, 2.45) is 0 Å². The monoisotopic (exact) mass is 465 g/mol. The summed E-state index contributed by atoms with van der Waals surface area (Å²) in [5.74, 6) is -0.234. The fourth-order valence-corrected chi connectivity index (χ4v) is 3.91. The molecule has 0 saturated heterocycles. The van der Waals surface area contributed by atoms with Crippen molar-refractivity contribution in [2.45, 2.75) is 0 Å². The molecule has 0 aliphatic rings. The van der Waals surface area contributed by atoms with Crippen molar-refractivity contribution in [3.63, 3.8) is 0 Å². The van der Waals surface area contributed by atoms with Crippen molar-refractivity contribution >= 4 is 54.0 Å². The topological polar surface area (TPSA) is 79.4 Å². The average Bonchev–Trinajstić information content (AvgIpc) is 3.09. The van der Waals surface area contributed by atoms with E-state index in [1.165, 1.54) is 22.7 Å². The number of thiazole rings is 1. The second-order valence-corrected chi connectivity index (χ2v) is 9.57. The summed E-state index contributed by atoms with van der Waals surface area (Å²) < 4.78 is 25.2. The highest BCUT2D eigenvalue weighted by Gasteiger charge is 2.13. The maximum Gasteiger partial charge on any atom is 0.257 e.